The number of urea groups is 1. The number of rotatable bonds is 5. The van der Waals surface area contributed by atoms with Crippen LogP contribution in [0.15, 0.2) is 0 Å². The highest BCUT2D eigenvalue weighted by Crippen LogP contribution is 1.98. The topological polar surface area (TPSA) is 55.1 Å². The summed E-state index contributed by atoms with van der Waals surface area (Å²) in [5.74, 6) is 0. The molecule has 0 aromatic carbocycles. The van der Waals surface area contributed by atoms with E-state index in [0.717, 1.165) is 12.8 Å². The fraction of sp³-hybridized carbons (Fsp3) is 0.714. The van der Waals surface area contributed by atoms with Crippen LogP contribution in [0.2, 0.25) is 0 Å². The molecule has 0 fully saturated rings. The molecule has 59 valence electrons. The van der Waals surface area contributed by atoms with E-state index in [0.29, 0.717) is 0 Å². The fourth-order valence-corrected chi connectivity index (χ4v) is 0.669. The third-order valence-corrected chi connectivity index (χ3v) is 1.20. The Labute approximate surface area is 62.0 Å². The Morgan fingerprint density at radius 2 is 2.30 bits per heavy atom. The molecule has 0 aliphatic heterocycles. The quantitative estimate of drug-likeness (QED) is 0.561. The smallest absolute Gasteiger partial charge is 0.312 e. The lowest BCUT2D eigenvalue weighted by atomic mass is 10.2. The van der Waals surface area contributed by atoms with Crippen LogP contribution in [0.5, 0.6) is 0 Å². The second-order valence-electron chi connectivity index (χ2n) is 2.21. The standard InChI is InChI=1S/C7H15N2O/c1-2-3-4-5-6-9-7(8)10/h6H,2-5H2,1H3,(H3,8,9,10). The van der Waals surface area contributed by atoms with Gasteiger partial charge in [0.1, 0.15) is 0 Å². The first-order valence-electron chi connectivity index (χ1n) is 3.65. The lowest BCUT2D eigenvalue weighted by molar-refractivity contribution is 0.250. The molecule has 0 saturated heterocycles. The maximum absolute atomic E-state index is 10.1. The van der Waals surface area contributed by atoms with Crippen LogP contribution in [0.3, 0.4) is 0 Å². The summed E-state index contributed by atoms with van der Waals surface area (Å²) < 4.78 is 0. The van der Waals surface area contributed by atoms with Gasteiger partial charge in [0.25, 0.3) is 0 Å². The summed E-state index contributed by atoms with van der Waals surface area (Å²) >= 11 is 0. The molecule has 0 spiro atoms. The van der Waals surface area contributed by atoms with Crippen molar-refractivity contribution in [2.45, 2.75) is 32.6 Å². The van der Waals surface area contributed by atoms with Gasteiger partial charge in [-0.3, -0.25) is 0 Å². The summed E-state index contributed by atoms with van der Waals surface area (Å²) in [7, 11) is 0. The Hall–Kier alpha value is -0.730. The van der Waals surface area contributed by atoms with Crippen molar-refractivity contribution >= 4 is 6.03 Å². The third kappa shape index (κ3) is 7.27. The number of nitrogens with two attached hydrogens (primary N) is 1. The molecule has 0 heterocycles. The molecule has 0 aromatic heterocycles. The Bertz CT molecular complexity index is 93.6. The molecule has 0 aliphatic rings. The minimum absolute atomic E-state index is 0.475. The number of carbonyl (C=O) groups is 1. The van der Waals surface area contributed by atoms with E-state index in [1.807, 2.05) is 0 Å². The Morgan fingerprint density at radius 3 is 2.80 bits per heavy atom. The molecule has 3 N–H and O–H groups in total. The summed E-state index contributed by atoms with van der Waals surface area (Å²) in [6.07, 6.45) is 4.44. The number of carbonyl (C=O) groups excluding carboxylic acids is 1. The Kier molecular flexibility index (Phi) is 5.92. The van der Waals surface area contributed by atoms with Crippen molar-refractivity contribution in [1.82, 2.24) is 5.32 Å². The Balaban J connectivity index is 2.84. The van der Waals surface area contributed by atoms with E-state index in [1.165, 1.54) is 12.8 Å². The van der Waals surface area contributed by atoms with Crippen molar-refractivity contribution in [3.05, 3.63) is 6.54 Å². The van der Waals surface area contributed by atoms with Gasteiger partial charge in [0, 0.05) is 0 Å². The monoisotopic (exact) mass is 143 g/mol. The number of amides is 2. The lowest BCUT2D eigenvalue weighted by Gasteiger charge is -1.98. The van der Waals surface area contributed by atoms with Crippen molar-refractivity contribution in [1.29, 1.82) is 0 Å². The first-order valence-corrected chi connectivity index (χ1v) is 3.65. The molecule has 0 unspecified atom stereocenters. The summed E-state index contributed by atoms with van der Waals surface area (Å²) in [6, 6.07) is -0.475. The zero-order valence-electron chi connectivity index (χ0n) is 6.39. The number of unbranched alkanes of at least 4 members (excludes halogenated alkanes) is 3. The van der Waals surface area contributed by atoms with Crippen molar-refractivity contribution < 1.29 is 4.79 Å². The highest BCUT2D eigenvalue weighted by atomic mass is 16.2. The predicted octanol–water partition coefficient (Wildman–Crippen LogP) is 1.40. The van der Waals surface area contributed by atoms with Crippen LogP contribution in [0, 0.1) is 6.54 Å². The molecule has 0 rings (SSSR count). The second-order valence-corrected chi connectivity index (χ2v) is 2.21. The van der Waals surface area contributed by atoms with Crippen LogP contribution >= 0.6 is 0 Å². The van der Waals surface area contributed by atoms with Gasteiger partial charge in [-0.1, -0.05) is 26.2 Å². The van der Waals surface area contributed by atoms with E-state index in [-0.39, 0.29) is 0 Å². The number of hydrogen-bond acceptors (Lipinski definition) is 1. The van der Waals surface area contributed by atoms with Gasteiger partial charge in [-0.15, -0.1) is 0 Å². The van der Waals surface area contributed by atoms with Crippen LogP contribution in [-0.4, -0.2) is 6.03 Å². The van der Waals surface area contributed by atoms with Gasteiger partial charge in [-0.05, 0) is 6.42 Å². The van der Waals surface area contributed by atoms with E-state index in [2.05, 4.69) is 12.2 Å². The molecule has 0 bridgehead atoms. The summed E-state index contributed by atoms with van der Waals surface area (Å²) in [4.78, 5) is 10.1. The number of nitrogens with one attached hydrogen (secondary N) is 1. The van der Waals surface area contributed by atoms with Crippen molar-refractivity contribution in [2.75, 3.05) is 0 Å². The van der Waals surface area contributed by atoms with Gasteiger partial charge in [0.2, 0.25) is 0 Å². The molecular formula is C7H15N2O. The number of primary amides is 1. The first kappa shape index (κ1) is 9.27. The molecule has 0 atom stereocenters. The second kappa shape index (κ2) is 6.39. The van der Waals surface area contributed by atoms with Crippen molar-refractivity contribution in [2.24, 2.45) is 5.73 Å². The van der Waals surface area contributed by atoms with E-state index < -0.39 is 6.03 Å². The Morgan fingerprint density at radius 1 is 1.60 bits per heavy atom. The highest BCUT2D eigenvalue weighted by molar-refractivity contribution is 5.72. The molecule has 3 nitrogen and oxygen atoms in total. The van der Waals surface area contributed by atoms with Crippen LogP contribution in [0.25, 0.3) is 0 Å². The summed E-state index contributed by atoms with van der Waals surface area (Å²) in [6.45, 7) is 3.85. The van der Waals surface area contributed by atoms with Gasteiger partial charge < -0.3 is 11.1 Å². The minimum atomic E-state index is -0.475. The van der Waals surface area contributed by atoms with E-state index >= 15 is 0 Å². The average Bonchev–Trinajstić information content (AvgIpc) is 1.87. The van der Waals surface area contributed by atoms with Gasteiger partial charge in [-0.25, -0.2) is 4.79 Å². The highest BCUT2D eigenvalue weighted by Gasteiger charge is 1.90. The molecule has 1 radical (unpaired) electrons. The zero-order valence-corrected chi connectivity index (χ0v) is 6.39. The van der Waals surface area contributed by atoms with Crippen molar-refractivity contribution in [3.63, 3.8) is 0 Å². The maximum atomic E-state index is 10.1. The predicted molar refractivity (Wildman–Crippen MR) is 41.2 cm³/mol. The maximum Gasteiger partial charge on any atom is 0.312 e. The molecule has 0 aliphatic carbocycles. The largest absolute Gasteiger partial charge is 0.352 e. The van der Waals surface area contributed by atoms with Gasteiger partial charge in [-0.2, -0.15) is 0 Å². The molecule has 0 saturated carbocycles. The average molecular weight is 143 g/mol. The SMILES string of the molecule is CCCCC[CH]NC(N)=O. The summed E-state index contributed by atoms with van der Waals surface area (Å²) in [5, 5.41) is 2.42. The van der Waals surface area contributed by atoms with Gasteiger partial charge in [0.05, 0.1) is 6.54 Å². The zero-order chi connectivity index (χ0) is 7.82. The van der Waals surface area contributed by atoms with Crippen molar-refractivity contribution in [3.8, 4) is 0 Å². The summed E-state index contributed by atoms with van der Waals surface area (Å²) in [5.41, 5.74) is 4.83. The van der Waals surface area contributed by atoms with Gasteiger partial charge >= 0.3 is 6.03 Å². The lowest BCUT2D eigenvalue weighted by Crippen LogP contribution is -2.26. The van der Waals surface area contributed by atoms with Crippen LogP contribution in [0.4, 0.5) is 4.79 Å². The number of hydrogen-bond donors (Lipinski definition) is 2. The molecule has 2 amide bonds. The van der Waals surface area contributed by atoms with E-state index in [4.69, 9.17) is 5.73 Å². The van der Waals surface area contributed by atoms with Crippen LogP contribution in [0.1, 0.15) is 32.6 Å². The molecule has 0 aromatic rings. The van der Waals surface area contributed by atoms with E-state index in [1.54, 1.807) is 6.54 Å². The molecular weight excluding hydrogens is 128 g/mol. The van der Waals surface area contributed by atoms with Crippen LogP contribution < -0.4 is 11.1 Å². The minimum Gasteiger partial charge on any atom is -0.352 e. The fourth-order valence-electron chi connectivity index (χ4n) is 0.669. The van der Waals surface area contributed by atoms with Gasteiger partial charge in [0.15, 0.2) is 0 Å². The third-order valence-electron chi connectivity index (χ3n) is 1.20. The van der Waals surface area contributed by atoms with E-state index in [9.17, 15) is 4.79 Å². The molecule has 3 heteroatoms. The molecule has 10 heavy (non-hydrogen) atoms. The van der Waals surface area contributed by atoms with Crippen LogP contribution in [-0.2, 0) is 0 Å². The normalized spacial score (nSPS) is 9.30. The first-order chi connectivity index (χ1) is 4.77.